The molecule has 1 saturated heterocycles. The Morgan fingerprint density at radius 3 is 2.75 bits per heavy atom. The number of halogens is 2. The molecule has 2 heterocycles. The molecule has 0 amide bonds. The molecule has 36 heavy (non-hydrogen) atoms. The fourth-order valence-electron chi connectivity index (χ4n) is 3.97. The number of nitrogens with zero attached hydrogens (tertiary/aromatic N) is 3. The average Bonchev–Trinajstić information content (AvgIpc) is 2.88. The van der Waals surface area contributed by atoms with Gasteiger partial charge in [-0.25, -0.2) is 14.4 Å². The normalized spacial score (nSPS) is 14.4. The molecule has 1 aromatic heterocycles. The summed E-state index contributed by atoms with van der Waals surface area (Å²) in [5, 5.41) is 3.98. The number of fused-ring (bicyclic) bond motifs is 1. The molecule has 0 unspecified atom stereocenters. The first kappa shape index (κ1) is 26.3. The van der Waals surface area contributed by atoms with Gasteiger partial charge in [-0.3, -0.25) is 0 Å². The van der Waals surface area contributed by atoms with Gasteiger partial charge < -0.3 is 29.2 Å². The van der Waals surface area contributed by atoms with Gasteiger partial charge in [0.05, 0.1) is 42.4 Å². The highest BCUT2D eigenvalue weighted by molar-refractivity contribution is 6.31. The minimum Gasteiger partial charge on any atom is -0.493 e. The Bertz CT molecular complexity index is 1150. The van der Waals surface area contributed by atoms with Crippen LogP contribution in [-0.4, -0.2) is 74.6 Å². The van der Waals surface area contributed by atoms with Crippen molar-refractivity contribution >= 4 is 34.0 Å². The summed E-state index contributed by atoms with van der Waals surface area (Å²) in [6.45, 7) is 4.36. The number of benzene rings is 2. The fraction of sp³-hybridized carbons (Fsp3) is 0.462. The van der Waals surface area contributed by atoms with Gasteiger partial charge in [0.25, 0.3) is 0 Å². The van der Waals surface area contributed by atoms with E-state index in [0.29, 0.717) is 54.9 Å². The van der Waals surface area contributed by atoms with Crippen LogP contribution in [0.5, 0.6) is 11.5 Å². The third-order valence-electron chi connectivity index (χ3n) is 5.95. The lowest BCUT2D eigenvalue weighted by atomic mass is 10.1. The van der Waals surface area contributed by atoms with Crippen molar-refractivity contribution in [1.29, 1.82) is 0 Å². The lowest BCUT2D eigenvalue weighted by molar-refractivity contribution is 0.0261. The van der Waals surface area contributed by atoms with Gasteiger partial charge in [0.15, 0.2) is 0 Å². The summed E-state index contributed by atoms with van der Waals surface area (Å²) in [5.74, 6) is 1.36. The van der Waals surface area contributed by atoms with E-state index < -0.39 is 5.82 Å². The molecule has 10 heteroatoms. The van der Waals surface area contributed by atoms with Crippen LogP contribution in [0.3, 0.4) is 0 Å². The highest BCUT2D eigenvalue weighted by Gasteiger charge is 2.20. The van der Waals surface area contributed by atoms with Crippen LogP contribution in [0.1, 0.15) is 19.3 Å². The SMILES string of the molecule is COCCN(C)CCCOc1cc(OC2CCOCC2)c2c(Nc3ccc(F)c(Cl)c3)ncnc2c1. The van der Waals surface area contributed by atoms with Crippen LogP contribution >= 0.6 is 11.6 Å². The molecule has 2 aromatic carbocycles. The van der Waals surface area contributed by atoms with E-state index in [1.807, 2.05) is 12.1 Å². The van der Waals surface area contributed by atoms with E-state index in [2.05, 4.69) is 27.2 Å². The maximum Gasteiger partial charge on any atom is 0.145 e. The number of hydrogen-bond donors (Lipinski definition) is 1. The van der Waals surface area contributed by atoms with Crippen LogP contribution in [0.25, 0.3) is 10.9 Å². The molecule has 0 radical (unpaired) electrons. The van der Waals surface area contributed by atoms with Gasteiger partial charge in [0.1, 0.15) is 35.6 Å². The van der Waals surface area contributed by atoms with Crippen molar-refractivity contribution in [3.05, 3.63) is 47.5 Å². The van der Waals surface area contributed by atoms with Crippen LogP contribution in [0, 0.1) is 5.82 Å². The molecule has 194 valence electrons. The summed E-state index contributed by atoms with van der Waals surface area (Å²) in [6.07, 6.45) is 3.95. The summed E-state index contributed by atoms with van der Waals surface area (Å²) in [7, 11) is 3.77. The van der Waals surface area contributed by atoms with Crippen LogP contribution in [0.15, 0.2) is 36.7 Å². The third-order valence-corrected chi connectivity index (χ3v) is 6.24. The molecule has 0 bridgehead atoms. The number of rotatable bonds is 12. The van der Waals surface area contributed by atoms with E-state index in [9.17, 15) is 4.39 Å². The average molecular weight is 519 g/mol. The number of nitrogens with one attached hydrogen (secondary N) is 1. The zero-order chi connectivity index (χ0) is 25.3. The molecule has 0 atom stereocenters. The predicted octanol–water partition coefficient (Wildman–Crippen LogP) is 5.07. The first-order valence-corrected chi connectivity index (χ1v) is 12.5. The first-order valence-electron chi connectivity index (χ1n) is 12.1. The molecule has 1 N–H and O–H groups in total. The van der Waals surface area contributed by atoms with Crippen molar-refractivity contribution in [1.82, 2.24) is 14.9 Å². The lowest BCUT2D eigenvalue weighted by Gasteiger charge is -2.25. The Labute approximate surface area is 215 Å². The lowest BCUT2D eigenvalue weighted by Crippen LogP contribution is -2.26. The smallest absolute Gasteiger partial charge is 0.145 e. The topological polar surface area (TPSA) is 78.0 Å². The molecule has 1 aliphatic rings. The molecule has 8 nitrogen and oxygen atoms in total. The van der Waals surface area contributed by atoms with Crippen LogP contribution in [0.4, 0.5) is 15.9 Å². The fourth-order valence-corrected chi connectivity index (χ4v) is 4.15. The zero-order valence-electron chi connectivity index (χ0n) is 20.6. The minimum absolute atomic E-state index is 0.0138. The number of ether oxygens (including phenoxy) is 4. The summed E-state index contributed by atoms with van der Waals surface area (Å²) < 4.78 is 36.8. The third kappa shape index (κ3) is 7.16. The van der Waals surface area contributed by atoms with Crippen molar-refractivity contribution in [3.63, 3.8) is 0 Å². The maximum absolute atomic E-state index is 13.6. The molecule has 4 rings (SSSR count). The van der Waals surface area contributed by atoms with Crippen LogP contribution in [0.2, 0.25) is 5.02 Å². The van der Waals surface area contributed by atoms with Gasteiger partial charge >= 0.3 is 0 Å². The van der Waals surface area contributed by atoms with Gasteiger partial charge in [-0.1, -0.05) is 11.6 Å². The molecule has 1 fully saturated rings. The van der Waals surface area contributed by atoms with Crippen molar-refractivity contribution in [2.24, 2.45) is 0 Å². The Morgan fingerprint density at radius 2 is 1.97 bits per heavy atom. The monoisotopic (exact) mass is 518 g/mol. The predicted molar refractivity (Wildman–Crippen MR) is 138 cm³/mol. The summed E-state index contributed by atoms with van der Waals surface area (Å²) in [4.78, 5) is 11.1. The van der Waals surface area contributed by atoms with E-state index in [1.165, 1.54) is 18.5 Å². The standard InChI is InChI=1S/C26H32ClFN4O4/c1-32(9-13-33-2)8-3-10-35-20-15-23-25(24(16-20)36-19-6-11-34-12-7-19)26(30-17-29-23)31-18-4-5-22(28)21(27)14-18/h4-5,14-17,19H,3,6-13H2,1-2H3,(H,29,30,31). The summed E-state index contributed by atoms with van der Waals surface area (Å²) in [5.41, 5.74) is 1.29. The van der Waals surface area contributed by atoms with Crippen molar-refractivity contribution in [3.8, 4) is 11.5 Å². The van der Waals surface area contributed by atoms with Crippen molar-refractivity contribution in [2.75, 3.05) is 59.0 Å². The van der Waals surface area contributed by atoms with E-state index in [-0.39, 0.29) is 11.1 Å². The number of likely N-dealkylation sites (N-methyl/N-ethyl adjacent to an activating group) is 1. The summed E-state index contributed by atoms with van der Waals surface area (Å²) in [6, 6.07) is 8.20. The van der Waals surface area contributed by atoms with E-state index in [4.69, 9.17) is 30.5 Å². The van der Waals surface area contributed by atoms with E-state index in [1.54, 1.807) is 13.2 Å². The molecular weight excluding hydrogens is 487 g/mol. The van der Waals surface area contributed by atoms with Crippen molar-refractivity contribution < 1.29 is 23.3 Å². The highest BCUT2D eigenvalue weighted by Crippen LogP contribution is 2.37. The molecule has 0 saturated carbocycles. The number of hydrogen-bond acceptors (Lipinski definition) is 8. The maximum atomic E-state index is 13.6. The van der Waals surface area contributed by atoms with Gasteiger partial charge in [-0.05, 0) is 31.7 Å². The number of methoxy groups -OCH3 is 1. The molecule has 3 aromatic rings. The van der Waals surface area contributed by atoms with E-state index in [0.717, 1.165) is 37.7 Å². The molecular formula is C26H32ClFN4O4. The summed E-state index contributed by atoms with van der Waals surface area (Å²) >= 11 is 5.97. The van der Waals surface area contributed by atoms with Crippen LogP contribution in [-0.2, 0) is 9.47 Å². The molecule has 0 spiro atoms. The minimum atomic E-state index is -0.481. The highest BCUT2D eigenvalue weighted by atomic mass is 35.5. The largest absolute Gasteiger partial charge is 0.493 e. The van der Waals surface area contributed by atoms with Gasteiger partial charge in [0.2, 0.25) is 0 Å². The van der Waals surface area contributed by atoms with Gasteiger partial charge in [0, 0.05) is 50.9 Å². The van der Waals surface area contributed by atoms with Gasteiger partial charge in [-0.15, -0.1) is 0 Å². The molecule has 1 aliphatic heterocycles. The zero-order valence-corrected chi connectivity index (χ0v) is 21.4. The number of anilines is 2. The second-order valence-electron chi connectivity index (χ2n) is 8.72. The number of aromatic nitrogens is 2. The van der Waals surface area contributed by atoms with Crippen LogP contribution < -0.4 is 14.8 Å². The van der Waals surface area contributed by atoms with E-state index >= 15 is 0 Å². The Hall–Kier alpha value is -2.72. The Kier molecular flexibility index (Phi) is 9.52. The Balaban J connectivity index is 1.57. The van der Waals surface area contributed by atoms with Crippen molar-refractivity contribution in [2.45, 2.75) is 25.4 Å². The second kappa shape index (κ2) is 13.0. The van der Waals surface area contributed by atoms with Gasteiger partial charge in [-0.2, -0.15) is 0 Å². The quantitative estimate of drug-likeness (QED) is 0.333. The second-order valence-corrected chi connectivity index (χ2v) is 9.13. The first-order chi connectivity index (χ1) is 17.5. The Morgan fingerprint density at radius 1 is 1.14 bits per heavy atom. The molecule has 0 aliphatic carbocycles.